The van der Waals surface area contributed by atoms with Crippen LogP contribution in [0.5, 0.6) is 0 Å². The second kappa shape index (κ2) is 11.8. The molecule has 1 rings (SSSR count). The molecule has 2 unspecified atom stereocenters. The van der Waals surface area contributed by atoms with Crippen molar-refractivity contribution >= 4 is 12.2 Å². The summed E-state index contributed by atoms with van der Waals surface area (Å²) in [5.41, 5.74) is 0.0109. The van der Waals surface area contributed by atoms with Crippen molar-refractivity contribution in [2.75, 3.05) is 13.1 Å². The van der Waals surface area contributed by atoms with E-state index in [1.807, 2.05) is 18.2 Å². The first kappa shape index (κ1) is 25.8. The van der Waals surface area contributed by atoms with E-state index in [-0.39, 0.29) is 18.6 Å². The van der Waals surface area contributed by atoms with Gasteiger partial charge in [0.15, 0.2) is 0 Å². The van der Waals surface area contributed by atoms with Gasteiger partial charge in [-0.25, -0.2) is 9.59 Å². The lowest BCUT2D eigenvalue weighted by Gasteiger charge is -2.26. The van der Waals surface area contributed by atoms with Crippen molar-refractivity contribution in [3.8, 4) is 0 Å². The molecule has 0 saturated heterocycles. The van der Waals surface area contributed by atoms with E-state index in [4.69, 9.17) is 9.47 Å². The Morgan fingerprint density at radius 3 is 2.00 bits per heavy atom. The molecule has 1 radical (unpaired) electrons. The Balaban J connectivity index is 2.68. The van der Waals surface area contributed by atoms with Crippen LogP contribution in [0, 0.1) is 6.92 Å². The first-order valence-corrected chi connectivity index (χ1v) is 10.4. The standard InChI is InChI=1S/C23H38N3O4/c1-8-18(14-17-12-10-9-11-13-17)24-15-19(26-21(28)30-23(5,6)7)16-25-20(27)29-22(2,3)4/h9-13,18-19,24H,1,8,14-16H2,2-7H3,(H,25,27)(H,26,28). The minimum Gasteiger partial charge on any atom is -0.444 e. The summed E-state index contributed by atoms with van der Waals surface area (Å²) >= 11 is 0. The predicted octanol–water partition coefficient (Wildman–Crippen LogP) is 3.83. The van der Waals surface area contributed by atoms with E-state index in [1.165, 1.54) is 5.56 Å². The quantitative estimate of drug-likeness (QED) is 0.565. The summed E-state index contributed by atoms with van der Waals surface area (Å²) in [5, 5.41) is 8.97. The highest BCUT2D eigenvalue weighted by atomic mass is 16.6. The molecule has 1 aromatic carbocycles. The van der Waals surface area contributed by atoms with Gasteiger partial charge in [0.05, 0.1) is 6.04 Å². The molecule has 0 aliphatic rings. The fraction of sp³-hybridized carbons (Fsp3) is 0.609. The van der Waals surface area contributed by atoms with Crippen LogP contribution in [0.15, 0.2) is 30.3 Å². The highest BCUT2D eigenvalue weighted by Crippen LogP contribution is 2.09. The Bertz CT molecular complexity index is 651. The topological polar surface area (TPSA) is 88.7 Å². The van der Waals surface area contributed by atoms with E-state index >= 15 is 0 Å². The van der Waals surface area contributed by atoms with Gasteiger partial charge in [-0.2, -0.15) is 0 Å². The lowest BCUT2D eigenvalue weighted by Crippen LogP contribution is -2.52. The molecule has 0 bridgehead atoms. The highest BCUT2D eigenvalue weighted by Gasteiger charge is 2.22. The lowest BCUT2D eigenvalue weighted by atomic mass is 10.0. The Morgan fingerprint density at radius 1 is 0.900 bits per heavy atom. The van der Waals surface area contributed by atoms with Gasteiger partial charge >= 0.3 is 12.2 Å². The van der Waals surface area contributed by atoms with Crippen LogP contribution in [-0.4, -0.2) is 48.6 Å². The van der Waals surface area contributed by atoms with E-state index in [0.717, 1.165) is 6.42 Å². The monoisotopic (exact) mass is 420 g/mol. The number of hydrogen-bond acceptors (Lipinski definition) is 5. The normalized spacial score (nSPS) is 13.8. The summed E-state index contributed by atoms with van der Waals surface area (Å²) in [6.45, 7) is 15.5. The third-order valence-corrected chi connectivity index (χ3v) is 3.94. The van der Waals surface area contributed by atoms with Crippen LogP contribution in [0.25, 0.3) is 0 Å². The van der Waals surface area contributed by atoms with Gasteiger partial charge in [-0.3, -0.25) is 0 Å². The molecule has 2 atom stereocenters. The zero-order chi connectivity index (χ0) is 22.8. The van der Waals surface area contributed by atoms with Gasteiger partial charge in [0, 0.05) is 19.1 Å². The zero-order valence-corrected chi connectivity index (χ0v) is 19.2. The van der Waals surface area contributed by atoms with Crippen LogP contribution >= 0.6 is 0 Å². The van der Waals surface area contributed by atoms with Crippen molar-refractivity contribution in [2.24, 2.45) is 0 Å². The smallest absolute Gasteiger partial charge is 0.407 e. The van der Waals surface area contributed by atoms with Gasteiger partial charge in [0.1, 0.15) is 11.2 Å². The molecule has 0 spiro atoms. The number of rotatable bonds is 9. The molecule has 0 fully saturated rings. The number of ether oxygens (including phenoxy) is 2. The number of alkyl carbamates (subject to hydrolysis) is 2. The van der Waals surface area contributed by atoms with E-state index < -0.39 is 23.4 Å². The average Bonchev–Trinajstić information content (AvgIpc) is 2.60. The third kappa shape index (κ3) is 12.3. The maximum atomic E-state index is 12.2. The van der Waals surface area contributed by atoms with Crippen molar-refractivity contribution in [3.05, 3.63) is 42.8 Å². The van der Waals surface area contributed by atoms with E-state index in [1.54, 1.807) is 41.5 Å². The molecule has 7 heteroatoms. The Morgan fingerprint density at radius 2 is 1.47 bits per heavy atom. The fourth-order valence-corrected chi connectivity index (χ4v) is 2.65. The van der Waals surface area contributed by atoms with E-state index in [2.05, 4.69) is 35.0 Å². The predicted molar refractivity (Wildman–Crippen MR) is 119 cm³/mol. The molecule has 30 heavy (non-hydrogen) atoms. The van der Waals surface area contributed by atoms with Gasteiger partial charge < -0.3 is 25.4 Å². The Labute approximate surface area is 181 Å². The largest absolute Gasteiger partial charge is 0.444 e. The van der Waals surface area contributed by atoms with Crippen LogP contribution in [0.4, 0.5) is 9.59 Å². The fourth-order valence-electron chi connectivity index (χ4n) is 2.65. The lowest BCUT2D eigenvalue weighted by molar-refractivity contribution is 0.0462. The molecule has 7 nitrogen and oxygen atoms in total. The maximum absolute atomic E-state index is 12.2. The van der Waals surface area contributed by atoms with Crippen molar-refractivity contribution in [2.45, 2.75) is 77.7 Å². The highest BCUT2D eigenvalue weighted by molar-refractivity contribution is 5.69. The van der Waals surface area contributed by atoms with Crippen molar-refractivity contribution in [1.29, 1.82) is 0 Å². The molecule has 0 aliphatic carbocycles. The molecule has 169 valence electrons. The van der Waals surface area contributed by atoms with Crippen molar-refractivity contribution in [3.63, 3.8) is 0 Å². The van der Waals surface area contributed by atoms with Crippen molar-refractivity contribution < 1.29 is 19.1 Å². The average molecular weight is 421 g/mol. The van der Waals surface area contributed by atoms with Crippen LogP contribution in [0.3, 0.4) is 0 Å². The van der Waals surface area contributed by atoms with Gasteiger partial charge in [-0.15, -0.1) is 0 Å². The van der Waals surface area contributed by atoms with Crippen molar-refractivity contribution in [1.82, 2.24) is 16.0 Å². The Hall–Kier alpha value is -2.28. The molecular formula is C23H38N3O4. The number of carbonyl (C=O) groups is 2. The second-order valence-corrected chi connectivity index (χ2v) is 9.31. The molecular weight excluding hydrogens is 382 g/mol. The van der Waals surface area contributed by atoms with Gasteiger partial charge in [-0.1, -0.05) is 37.3 Å². The first-order chi connectivity index (χ1) is 13.9. The molecule has 0 aliphatic heterocycles. The van der Waals surface area contributed by atoms with E-state index in [9.17, 15) is 9.59 Å². The summed E-state index contributed by atoms with van der Waals surface area (Å²) in [5.74, 6) is 0. The molecule has 0 heterocycles. The Kier molecular flexibility index (Phi) is 10.1. The number of nitrogens with one attached hydrogen (secondary N) is 3. The minimum absolute atomic E-state index is 0.136. The summed E-state index contributed by atoms with van der Waals surface area (Å²) in [4.78, 5) is 24.2. The maximum Gasteiger partial charge on any atom is 0.407 e. The SMILES string of the molecule is [CH2]CC(Cc1ccccc1)NCC(CNC(=O)OC(C)(C)C)NC(=O)OC(C)(C)C. The number of benzene rings is 1. The summed E-state index contributed by atoms with van der Waals surface area (Å²) in [6, 6.07) is 9.91. The molecule has 0 aromatic heterocycles. The molecule has 3 N–H and O–H groups in total. The van der Waals surface area contributed by atoms with Gasteiger partial charge in [0.2, 0.25) is 0 Å². The zero-order valence-electron chi connectivity index (χ0n) is 19.2. The summed E-state index contributed by atoms with van der Waals surface area (Å²) in [6.07, 6.45) is 0.447. The van der Waals surface area contributed by atoms with Crippen LogP contribution in [-0.2, 0) is 15.9 Å². The number of carbonyl (C=O) groups excluding carboxylic acids is 2. The minimum atomic E-state index is -0.607. The van der Waals surface area contributed by atoms with Crippen LogP contribution in [0.2, 0.25) is 0 Å². The molecule has 1 aromatic rings. The van der Waals surface area contributed by atoms with Gasteiger partial charge in [-0.05, 0) is 59.9 Å². The van der Waals surface area contributed by atoms with Gasteiger partial charge in [0.25, 0.3) is 0 Å². The summed E-state index contributed by atoms with van der Waals surface area (Å²) in [7, 11) is 0. The van der Waals surface area contributed by atoms with Crippen LogP contribution < -0.4 is 16.0 Å². The number of hydrogen-bond donors (Lipinski definition) is 3. The van der Waals surface area contributed by atoms with E-state index in [0.29, 0.717) is 13.0 Å². The first-order valence-electron chi connectivity index (χ1n) is 10.4. The number of amides is 2. The molecule has 0 saturated carbocycles. The third-order valence-electron chi connectivity index (χ3n) is 3.94. The summed E-state index contributed by atoms with van der Waals surface area (Å²) < 4.78 is 10.6. The second-order valence-electron chi connectivity index (χ2n) is 9.31. The van der Waals surface area contributed by atoms with Crippen LogP contribution in [0.1, 0.15) is 53.5 Å². The molecule has 2 amide bonds.